The molecule has 152 valence electrons. The van der Waals surface area contributed by atoms with Gasteiger partial charge in [0.2, 0.25) is 15.9 Å². The van der Waals surface area contributed by atoms with Crippen LogP contribution >= 0.6 is 15.9 Å². The Hall–Kier alpha value is -1.70. The first-order valence-corrected chi connectivity index (χ1v) is 11.6. The molecule has 0 heterocycles. The Morgan fingerprint density at radius 2 is 1.68 bits per heavy atom. The van der Waals surface area contributed by atoms with Gasteiger partial charge < -0.3 is 5.32 Å². The van der Waals surface area contributed by atoms with E-state index >= 15 is 0 Å². The summed E-state index contributed by atoms with van der Waals surface area (Å²) in [6, 6.07) is 14.1. The van der Waals surface area contributed by atoms with Crippen LogP contribution in [0.2, 0.25) is 0 Å². The van der Waals surface area contributed by atoms with E-state index in [-0.39, 0.29) is 23.9 Å². The summed E-state index contributed by atoms with van der Waals surface area (Å²) < 4.78 is 28.5. The van der Waals surface area contributed by atoms with Crippen LogP contribution < -0.4 is 5.32 Å². The summed E-state index contributed by atoms with van der Waals surface area (Å²) in [5, 5.41) is 2.82. The van der Waals surface area contributed by atoms with Crippen molar-refractivity contribution >= 4 is 31.9 Å². The van der Waals surface area contributed by atoms with Crippen molar-refractivity contribution in [2.24, 2.45) is 0 Å². The molecule has 0 unspecified atom stereocenters. The molecule has 2 aromatic rings. The van der Waals surface area contributed by atoms with E-state index in [1.807, 2.05) is 31.2 Å². The van der Waals surface area contributed by atoms with Crippen molar-refractivity contribution in [3.63, 3.8) is 0 Å². The van der Waals surface area contributed by atoms with Crippen molar-refractivity contribution in [1.82, 2.24) is 9.62 Å². The van der Waals surface area contributed by atoms with Crippen LogP contribution in [0.4, 0.5) is 0 Å². The van der Waals surface area contributed by atoms with Crippen LogP contribution in [0.25, 0.3) is 0 Å². The van der Waals surface area contributed by atoms with E-state index in [0.29, 0.717) is 6.54 Å². The lowest BCUT2D eigenvalue weighted by atomic mass is 10.2. The predicted molar refractivity (Wildman–Crippen MR) is 115 cm³/mol. The van der Waals surface area contributed by atoms with E-state index < -0.39 is 10.0 Å². The topological polar surface area (TPSA) is 66.5 Å². The Kier molecular flexibility index (Phi) is 8.66. The number of hydrogen-bond acceptors (Lipinski definition) is 3. The van der Waals surface area contributed by atoms with Crippen molar-refractivity contribution in [1.29, 1.82) is 0 Å². The van der Waals surface area contributed by atoms with Crippen LogP contribution in [-0.4, -0.2) is 31.7 Å². The SMILES string of the molecule is CCCCCNC(=O)CN(Cc1ccc(Br)cc1)S(=O)(=O)c1ccc(C)cc1. The molecule has 0 aliphatic carbocycles. The van der Waals surface area contributed by atoms with Gasteiger partial charge >= 0.3 is 0 Å². The third kappa shape index (κ3) is 6.72. The standard InChI is InChI=1S/C21H27BrN2O3S/c1-3-4-5-14-23-21(25)16-24(15-18-8-10-19(22)11-9-18)28(26,27)20-12-6-17(2)7-13-20/h6-13H,3-5,14-16H2,1-2H3,(H,23,25). The average Bonchev–Trinajstić information content (AvgIpc) is 2.67. The molecule has 0 spiro atoms. The number of sulfonamides is 1. The second-order valence-corrected chi connectivity index (χ2v) is 9.62. The van der Waals surface area contributed by atoms with Gasteiger partial charge in [-0.1, -0.05) is 65.5 Å². The molecule has 0 fully saturated rings. The fourth-order valence-electron chi connectivity index (χ4n) is 2.70. The van der Waals surface area contributed by atoms with Crippen LogP contribution in [0.3, 0.4) is 0 Å². The van der Waals surface area contributed by atoms with Crippen molar-refractivity contribution in [2.75, 3.05) is 13.1 Å². The third-order valence-electron chi connectivity index (χ3n) is 4.35. The molecule has 1 amide bonds. The first-order chi connectivity index (χ1) is 13.3. The van der Waals surface area contributed by atoms with Crippen LogP contribution in [0.1, 0.15) is 37.3 Å². The van der Waals surface area contributed by atoms with Crippen molar-refractivity contribution in [3.8, 4) is 0 Å². The Morgan fingerprint density at radius 1 is 1.04 bits per heavy atom. The Balaban J connectivity index is 2.20. The number of hydrogen-bond donors (Lipinski definition) is 1. The molecule has 5 nitrogen and oxygen atoms in total. The maximum atomic E-state index is 13.2. The van der Waals surface area contributed by atoms with Crippen LogP contribution in [-0.2, 0) is 21.4 Å². The molecular formula is C21H27BrN2O3S. The van der Waals surface area contributed by atoms with Gasteiger partial charge in [-0.05, 0) is 43.2 Å². The average molecular weight is 467 g/mol. The van der Waals surface area contributed by atoms with Gasteiger partial charge in [0, 0.05) is 17.6 Å². The molecule has 2 rings (SSSR count). The lowest BCUT2D eigenvalue weighted by molar-refractivity contribution is -0.121. The lowest BCUT2D eigenvalue weighted by Gasteiger charge is -2.22. The van der Waals surface area contributed by atoms with Gasteiger partial charge in [-0.25, -0.2) is 8.42 Å². The fraction of sp³-hybridized carbons (Fsp3) is 0.381. The zero-order valence-corrected chi connectivity index (χ0v) is 18.7. The Morgan fingerprint density at radius 3 is 2.29 bits per heavy atom. The molecule has 0 atom stereocenters. The molecule has 0 aromatic heterocycles. The third-order valence-corrected chi connectivity index (χ3v) is 6.69. The van der Waals surface area contributed by atoms with Gasteiger partial charge in [0.25, 0.3) is 0 Å². The van der Waals surface area contributed by atoms with E-state index in [9.17, 15) is 13.2 Å². The fourth-order valence-corrected chi connectivity index (χ4v) is 4.35. The van der Waals surface area contributed by atoms with Crippen molar-refractivity contribution < 1.29 is 13.2 Å². The van der Waals surface area contributed by atoms with E-state index in [0.717, 1.165) is 34.9 Å². The second-order valence-electron chi connectivity index (χ2n) is 6.77. The molecule has 2 aromatic carbocycles. The molecule has 28 heavy (non-hydrogen) atoms. The lowest BCUT2D eigenvalue weighted by Crippen LogP contribution is -2.40. The first kappa shape index (κ1) is 22.6. The van der Waals surface area contributed by atoms with Crippen LogP contribution in [0, 0.1) is 6.92 Å². The van der Waals surface area contributed by atoms with Crippen molar-refractivity contribution in [2.45, 2.75) is 44.6 Å². The highest BCUT2D eigenvalue weighted by atomic mass is 79.9. The zero-order valence-electron chi connectivity index (χ0n) is 16.3. The van der Waals surface area contributed by atoms with Gasteiger partial charge in [0.1, 0.15) is 0 Å². The Labute approximate surface area is 176 Å². The van der Waals surface area contributed by atoms with Crippen molar-refractivity contribution in [3.05, 3.63) is 64.1 Å². The maximum Gasteiger partial charge on any atom is 0.243 e. The number of amides is 1. The number of aryl methyl sites for hydroxylation is 1. The molecular weight excluding hydrogens is 440 g/mol. The largest absolute Gasteiger partial charge is 0.355 e. The number of carbonyl (C=O) groups excluding carboxylic acids is 1. The summed E-state index contributed by atoms with van der Waals surface area (Å²) in [5.41, 5.74) is 1.80. The van der Waals surface area contributed by atoms with Crippen LogP contribution in [0.15, 0.2) is 57.9 Å². The number of carbonyl (C=O) groups is 1. The zero-order chi connectivity index (χ0) is 20.6. The quantitative estimate of drug-likeness (QED) is 0.532. The molecule has 0 saturated carbocycles. The minimum absolute atomic E-state index is 0.131. The van der Waals surface area contributed by atoms with Gasteiger partial charge in [-0.15, -0.1) is 0 Å². The smallest absolute Gasteiger partial charge is 0.243 e. The van der Waals surface area contributed by atoms with E-state index in [2.05, 4.69) is 28.2 Å². The summed E-state index contributed by atoms with van der Waals surface area (Å²) >= 11 is 3.38. The van der Waals surface area contributed by atoms with Gasteiger partial charge in [-0.2, -0.15) is 4.31 Å². The highest BCUT2D eigenvalue weighted by Crippen LogP contribution is 2.20. The molecule has 0 aliphatic rings. The van der Waals surface area contributed by atoms with Gasteiger partial charge in [0.05, 0.1) is 11.4 Å². The van der Waals surface area contributed by atoms with Crippen LogP contribution in [0.5, 0.6) is 0 Å². The summed E-state index contributed by atoms with van der Waals surface area (Å²) in [5.74, 6) is -0.288. The van der Waals surface area contributed by atoms with E-state index in [4.69, 9.17) is 0 Å². The molecule has 0 aliphatic heterocycles. The Bertz CT molecular complexity index is 866. The summed E-state index contributed by atoms with van der Waals surface area (Å²) in [4.78, 5) is 12.6. The van der Waals surface area contributed by atoms with E-state index in [1.165, 1.54) is 4.31 Å². The molecule has 0 bridgehead atoms. The number of halogens is 1. The molecule has 0 radical (unpaired) electrons. The minimum atomic E-state index is -3.80. The second kappa shape index (κ2) is 10.7. The summed E-state index contributed by atoms with van der Waals surface area (Å²) in [7, 11) is -3.80. The van der Waals surface area contributed by atoms with E-state index in [1.54, 1.807) is 24.3 Å². The molecule has 1 N–H and O–H groups in total. The number of benzene rings is 2. The maximum absolute atomic E-state index is 13.2. The number of rotatable bonds is 10. The minimum Gasteiger partial charge on any atom is -0.355 e. The first-order valence-electron chi connectivity index (χ1n) is 9.41. The normalized spacial score (nSPS) is 11.6. The highest BCUT2D eigenvalue weighted by Gasteiger charge is 2.26. The highest BCUT2D eigenvalue weighted by molar-refractivity contribution is 9.10. The molecule has 0 saturated heterocycles. The molecule has 7 heteroatoms. The number of nitrogens with zero attached hydrogens (tertiary/aromatic N) is 1. The summed E-state index contributed by atoms with van der Waals surface area (Å²) in [6.07, 6.45) is 2.98. The number of nitrogens with one attached hydrogen (secondary N) is 1. The number of unbranched alkanes of at least 4 members (excludes halogenated alkanes) is 2. The van der Waals surface area contributed by atoms with Gasteiger partial charge in [0.15, 0.2) is 0 Å². The predicted octanol–water partition coefficient (Wildman–Crippen LogP) is 4.25. The summed E-state index contributed by atoms with van der Waals surface area (Å²) in [6.45, 7) is 4.48. The monoisotopic (exact) mass is 466 g/mol. The van der Waals surface area contributed by atoms with Gasteiger partial charge in [-0.3, -0.25) is 4.79 Å².